The zero-order valence-corrected chi connectivity index (χ0v) is 27.6. The van der Waals surface area contributed by atoms with E-state index in [1.54, 1.807) is 19.1 Å². The fraction of sp³-hybridized carbons (Fsp3) is 0.500. The number of morpholine rings is 1. The highest BCUT2D eigenvalue weighted by atomic mass is 35.5. The minimum Gasteiger partial charge on any atom is -0.508 e. The number of ether oxygens (including phenoxy) is 2. The molecule has 46 heavy (non-hydrogen) atoms. The van der Waals surface area contributed by atoms with E-state index in [2.05, 4.69) is 20.1 Å². The minimum atomic E-state index is -0.547. The summed E-state index contributed by atoms with van der Waals surface area (Å²) in [5.74, 6) is 0.158. The molecule has 0 radical (unpaired) electrons. The molecule has 5 heterocycles. The van der Waals surface area contributed by atoms with Gasteiger partial charge in [0.1, 0.15) is 17.1 Å². The molecule has 4 fully saturated rings. The van der Waals surface area contributed by atoms with Crippen LogP contribution >= 0.6 is 11.6 Å². The lowest BCUT2D eigenvalue weighted by atomic mass is 9.98. The fourth-order valence-electron chi connectivity index (χ4n) is 7.80. The number of aromatic nitrogens is 2. The van der Waals surface area contributed by atoms with Crippen LogP contribution in [-0.4, -0.2) is 83.6 Å². The first-order valence-corrected chi connectivity index (χ1v) is 17.0. The Labute approximate surface area is 275 Å². The van der Waals surface area contributed by atoms with Gasteiger partial charge in [0.25, 0.3) is 0 Å². The average Bonchev–Trinajstić information content (AvgIpc) is 3.48. The molecule has 0 amide bonds. The lowest BCUT2D eigenvalue weighted by molar-refractivity contribution is -0.0161. The van der Waals surface area contributed by atoms with Crippen molar-refractivity contribution in [2.45, 2.75) is 77.0 Å². The number of hydrogen-bond donors (Lipinski definition) is 2. The van der Waals surface area contributed by atoms with Crippen molar-refractivity contribution in [1.82, 2.24) is 20.2 Å². The summed E-state index contributed by atoms with van der Waals surface area (Å²) in [6.07, 6.45) is 6.99. The van der Waals surface area contributed by atoms with Gasteiger partial charge in [-0.05, 0) is 87.3 Å². The monoisotopic (exact) mass is 647 g/mol. The van der Waals surface area contributed by atoms with Gasteiger partial charge in [0, 0.05) is 54.8 Å². The number of halogens is 2. The van der Waals surface area contributed by atoms with Crippen molar-refractivity contribution in [1.29, 1.82) is 0 Å². The summed E-state index contributed by atoms with van der Waals surface area (Å²) in [6, 6.07) is 11.5. The third kappa shape index (κ3) is 6.10. The molecule has 8 nitrogen and oxygen atoms in total. The average molecular weight is 648 g/mol. The van der Waals surface area contributed by atoms with Crippen LogP contribution < -0.4 is 15.0 Å². The van der Waals surface area contributed by atoms with E-state index in [1.165, 1.54) is 12.8 Å². The lowest BCUT2D eigenvalue weighted by Crippen LogP contribution is -2.51. The van der Waals surface area contributed by atoms with E-state index in [0.29, 0.717) is 53.1 Å². The second kappa shape index (κ2) is 13.1. The second-order valence-electron chi connectivity index (χ2n) is 13.3. The summed E-state index contributed by atoms with van der Waals surface area (Å²) in [6.45, 7) is 10.1. The number of aliphatic hydroxyl groups is 1. The fourth-order valence-corrected chi connectivity index (χ4v) is 8.14. The number of aliphatic hydroxyl groups excluding tert-OH is 1. The Bertz CT molecular complexity index is 1670. The van der Waals surface area contributed by atoms with Gasteiger partial charge in [-0.25, -0.2) is 4.39 Å². The summed E-state index contributed by atoms with van der Waals surface area (Å²) in [5.41, 5.74) is 3.55. The summed E-state index contributed by atoms with van der Waals surface area (Å²) in [7, 11) is 0. The number of allylic oxidation sites excluding steroid dienone is 3. The molecule has 0 aliphatic carbocycles. The molecule has 4 unspecified atom stereocenters. The van der Waals surface area contributed by atoms with E-state index < -0.39 is 5.82 Å². The molecule has 0 saturated carbocycles. The van der Waals surface area contributed by atoms with Gasteiger partial charge in [-0.2, -0.15) is 9.97 Å². The number of aryl methyl sites for hydroxylation is 1. The van der Waals surface area contributed by atoms with Gasteiger partial charge in [-0.1, -0.05) is 35.9 Å². The molecule has 10 heteroatoms. The Morgan fingerprint density at radius 3 is 2.54 bits per heavy atom. The van der Waals surface area contributed by atoms with Crippen molar-refractivity contribution >= 4 is 39.5 Å². The number of piperazine rings is 1. The van der Waals surface area contributed by atoms with E-state index >= 15 is 4.39 Å². The molecule has 4 atom stereocenters. The molecule has 4 aliphatic heterocycles. The predicted molar refractivity (Wildman–Crippen MR) is 181 cm³/mol. The van der Waals surface area contributed by atoms with Crippen molar-refractivity contribution < 1.29 is 19.0 Å². The molecule has 4 saturated heterocycles. The van der Waals surface area contributed by atoms with Gasteiger partial charge in [0.05, 0.1) is 24.8 Å². The van der Waals surface area contributed by atoms with E-state index in [-0.39, 0.29) is 27.9 Å². The molecule has 3 aromatic rings. The van der Waals surface area contributed by atoms with Crippen LogP contribution in [0.1, 0.15) is 62.6 Å². The van der Waals surface area contributed by atoms with Crippen LogP contribution in [0.15, 0.2) is 42.2 Å². The maximum atomic E-state index is 16.6. The quantitative estimate of drug-likeness (QED) is 0.151. The lowest BCUT2D eigenvalue weighted by Gasteiger charge is -2.34. The highest BCUT2D eigenvalue weighted by Crippen LogP contribution is 2.38. The molecular formula is C36H43ClFN5O3. The Balaban J connectivity index is 1.21. The smallest absolute Gasteiger partial charge is 0.319 e. The number of nitrogens with one attached hydrogen (secondary N) is 1. The van der Waals surface area contributed by atoms with Crippen LogP contribution in [0.5, 0.6) is 6.01 Å². The molecule has 1 aromatic heterocycles. The number of fused-ring (bicyclic) bond motifs is 5. The van der Waals surface area contributed by atoms with Gasteiger partial charge in [0.2, 0.25) is 0 Å². The highest BCUT2D eigenvalue weighted by molar-refractivity contribution is 6.33. The van der Waals surface area contributed by atoms with Crippen molar-refractivity contribution in [3.8, 4) is 6.01 Å². The number of benzene rings is 2. The molecule has 7 rings (SSSR count). The number of nitrogens with zero attached hydrogens (tertiary/aromatic N) is 4. The first-order valence-electron chi connectivity index (χ1n) is 16.6. The topological polar surface area (TPSA) is 83.0 Å². The largest absolute Gasteiger partial charge is 0.508 e. The van der Waals surface area contributed by atoms with Gasteiger partial charge >= 0.3 is 6.01 Å². The van der Waals surface area contributed by atoms with Gasteiger partial charge in [-0.15, -0.1) is 0 Å². The molecule has 4 bridgehead atoms. The molecule has 2 N–H and O–H groups in total. The van der Waals surface area contributed by atoms with Gasteiger partial charge in [-0.3, -0.25) is 4.90 Å². The maximum Gasteiger partial charge on any atom is 0.319 e. The van der Waals surface area contributed by atoms with E-state index in [1.807, 2.05) is 38.1 Å². The number of anilines is 1. The molecule has 0 spiro atoms. The van der Waals surface area contributed by atoms with Crippen LogP contribution in [0.25, 0.3) is 22.0 Å². The summed E-state index contributed by atoms with van der Waals surface area (Å²) >= 11 is 6.82. The van der Waals surface area contributed by atoms with Crippen molar-refractivity contribution in [3.63, 3.8) is 0 Å². The van der Waals surface area contributed by atoms with E-state index in [4.69, 9.17) is 26.1 Å². The van der Waals surface area contributed by atoms with Crippen LogP contribution in [0, 0.1) is 12.7 Å². The summed E-state index contributed by atoms with van der Waals surface area (Å²) in [4.78, 5) is 14.3. The standard InChI is InChI=1S/C36H43ClFN5O3/c1-21-7-4-5-8-28(21)23(3)31(44)15-22(2)32-30(37)16-29-34(33(32)38)40-36(41-35(29)42-17-24-9-10-25(18-42)39-24)46-14-6-13-43-26-11-12-27(43)20-45-19-26/h4-5,7-8,15-16,24-27,39,44H,6,9-14,17-20H2,1-3H3/b22-15+,31-23+. The van der Waals surface area contributed by atoms with Gasteiger partial charge in [0.15, 0.2) is 5.82 Å². The van der Waals surface area contributed by atoms with E-state index in [0.717, 1.165) is 63.2 Å². The minimum absolute atomic E-state index is 0.0553. The van der Waals surface area contributed by atoms with Crippen LogP contribution in [0.2, 0.25) is 5.02 Å². The molecule has 4 aliphatic rings. The number of hydrogen-bond acceptors (Lipinski definition) is 8. The Kier molecular flexibility index (Phi) is 8.94. The van der Waals surface area contributed by atoms with Crippen molar-refractivity contribution in [3.05, 3.63) is 69.7 Å². The number of rotatable bonds is 9. The first kappa shape index (κ1) is 31.4. The first-order chi connectivity index (χ1) is 22.3. The molecule has 244 valence electrons. The zero-order valence-electron chi connectivity index (χ0n) is 26.9. The molecule has 2 aromatic carbocycles. The van der Waals surface area contributed by atoms with Crippen LogP contribution in [-0.2, 0) is 4.74 Å². The second-order valence-corrected chi connectivity index (χ2v) is 13.7. The Morgan fingerprint density at radius 1 is 1.11 bits per heavy atom. The van der Waals surface area contributed by atoms with Crippen molar-refractivity contribution in [2.75, 3.05) is 44.4 Å². The normalized spacial score (nSPS) is 25.3. The Morgan fingerprint density at radius 2 is 1.83 bits per heavy atom. The van der Waals surface area contributed by atoms with Crippen LogP contribution in [0.4, 0.5) is 10.2 Å². The third-order valence-corrected chi connectivity index (χ3v) is 10.5. The summed E-state index contributed by atoms with van der Waals surface area (Å²) in [5, 5.41) is 15.5. The zero-order chi connectivity index (χ0) is 31.9. The third-order valence-electron chi connectivity index (χ3n) is 10.2. The predicted octanol–water partition coefficient (Wildman–Crippen LogP) is 6.70. The van der Waals surface area contributed by atoms with Crippen molar-refractivity contribution in [2.24, 2.45) is 0 Å². The summed E-state index contributed by atoms with van der Waals surface area (Å²) < 4.78 is 28.5. The molecular weight excluding hydrogens is 605 g/mol. The SMILES string of the molecule is C/C(=C\C(O)=C(\C)c1ccccc1C)c1c(Cl)cc2c(N3CC4CCC(C3)N4)nc(OCCCN3C4CCC3COC4)nc2c1F. The van der Waals surface area contributed by atoms with Gasteiger partial charge < -0.3 is 24.8 Å². The maximum absolute atomic E-state index is 16.6. The highest BCUT2D eigenvalue weighted by Gasteiger charge is 2.37. The van der Waals surface area contributed by atoms with Crippen LogP contribution in [0.3, 0.4) is 0 Å². The Hall–Kier alpha value is -3.24. The van der Waals surface area contributed by atoms with E-state index in [9.17, 15) is 5.11 Å².